The van der Waals surface area contributed by atoms with E-state index >= 15 is 0 Å². The van der Waals surface area contributed by atoms with Crippen LogP contribution in [0.4, 0.5) is 21.7 Å². The first-order chi connectivity index (χ1) is 15.2. The molecule has 4 aromatic rings. The van der Waals surface area contributed by atoms with Crippen molar-refractivity contribution >= 4 is 23.0 Å². The highest BCUT2D eigenvalue weighted by Gasteiger charge is 2.17. The van der Waals surface area contributed by atoms with Gasteiger partial charge in [-0.15, -0.1) is 5.10 Å². The van der Waals surface area contributed by atoms with Crippen molar-refractivity contribution in [1.29, 1.82) is 0 Å². The number of anilines is 3. The van der Waals surface area contributed by atoms with Crippen LogP contribution < -0.4 is 10.6 Å². The van der Waals surface area contributed by atoms with Gasteiger partial charge >= 0.3 is 0 Å². The predicted molar refractivity (Wildman–Crippen MR) is 120 cm³/mol. The van der Waals surface area contributed by atoms with Gasteiger partial charge in [0.25, 0.3) is 0 Å². The molecule has 4 heterocycles. The average molecular weight is 417 g/mol. The number of hydrogen-bond donors (Lipinski definition) is 2. The molecule has 0 amide bonds. The molecular weight excluding hydrogens is 393 g/mol. The fraction of sp³-hybridized carbons (Fsp3) is 0.261. The average Bonchev–Trinajstić information content (AvgIpc) is 3.21. The first kappa shape index (κ1) is 19.4. The van der Waals surface area contributed by atoms with Gasteiger partial charge in [-0.05, 0) is 69.4 Å². The molecule has 0 aliphatic carbocycles. The number of fused-ring (bicyclic) bond motifs is 1. The molecule has 1 saturated heterocycles. The summed E-state index contributed by atoms with van der Waals surface area (Å²) in [6.07, 6.45) is 5.56. The van der Waals surface area contributed by atoms with E-state index in [0.29, 0.717) is 23.1 Å². The number of likely N-dealkylation sites (tertiary alicyclic amines) is 1. The van der Waals surface area contributed by atoms with Crippen molar-refractivity contribution in [1.82, 2.24) is 24.5 Å². The Labute approximate surface area is 180 Å². The van der Waals surface area contributed by atoms with Crippen LogP contribution in [0.1, 0.15) is 12.8 Å². The molecule has 1 aromatic carbocycles. The first-order valence-electron chi connectivity index (χ1n) is 10.4. The van der Waals surface area contributed by atoms with Crippen LogP contribution in [0, 0.1) is 5.82 Å². The molecule has 1 aliphatic rings. The summed E-state index contributed by atoms with van der Waals surface area (Å²) in [5.41, 5.74) is 2.54. The van der Waals surface area contributed by atoms with E-state index in [-0.39, 0.29) is 5.82 Å². The largest absolute Gasteiger partial charge is 0.366 e. The maximum Gasteiger partial charge on any atom is 0.154 e. The van der Waals surface area contributed by atoms with E-state index in [1.807, 2.05) is 30.3 Å². The molecule has 0 radical (unpaired) electrons. The van der Waals surface area contributed by atoms with E-state index in [2.05, 4.69) is 32.5 Å². The third kappa shape index (κ3) is 4.20. The molecule has 0 atom stereocenters. The summed E-state index contributed by atoms with van der Waals surface area (Å²) in [5, 5.41) is 11.3. The minimum absolute atomic E-state index is 0.362. The maximum atomic E-state index is 14.8. The van der Waals surface area contributed by atoms with Crippen LogP contribution in [0.15, 0.2) is 60.9 Å². The normalized spacial score (nSPS) is 15.3. The number of imidazole rings is 1. The van der Waals surface area contributed by atoms with E-state index in [1.54, 1.807) is 29.0 Å². The third-order valence-electron chi connectivity index (χ3n) is 5.63. The molecule has 0 saturated carbocycles. The zero-order valence-electron chi connectivity index (χ0n) is 17.3. The molecule has 158 valence electrons. The van der Waals surface area contributed by atoms with Crippen LogP contribution in [-0.4, -0.2) is 50.7 Å². The van der Waals surface area contributed by atoms with Gasteiger partial charge in [-0.25, -0.2) is 18.9 Å². The lowest BCUT2D eigenvalue weighted by molar-refractivity contribution is 0.263. The summed E-state index contributed by atoms with van der Waals surface area (Å²) < 4.78 is 16.6. The summed E-state index contributed by atoms with van der Waals surface area (Å²) >= 11 is 0. The molecule has 0 bridgehead atoms. The highest BCUT2D eigenvalue weighted by atomic mass is 19.1. The van der Waals surface area contributed by atoms with Gasteiger partial charge in [-0.3, -0.25) is 0 Å². The van der Waals surface area contributed by atoms with Crippen molar-refractivity contribution in [2.24, 2.45) is 0 Å². The van der Waals surface area contributed by atoms with E-state index in [4.69, 9.17) is 5.10 Å². The van der Waals surface area contributed by atoms with E-state index in [0.717, 1.165) is 43.1 Å². The van der Waals surface area contributed by atoms with E-state index < -0.39 is 0 Å². The molecule has 0 spiro atoms. The fourth-order valence-electron chi connectivity index (χ4n) is 3.86. The smallest absolute Gasteiger partial charge is 0.154 e. The molecule has 1 aliphatic heterocycles. The standard InChI is InChI=1S/C23H24FN7/c1-30-12-9-17(10-13-30)27-22-7-8-23-26-15-20(31(23)29-22)16-5-6-19(18(24)14-16)28-21-4-2-3-11-25-21/h2-8,11,14-15,17H,9-10,12-13H2,1H3,(H,25,28)(H,27,29). The van der Waals surface area contributed by atoms with E-state index in [9.17, 15) is 4.39 Å². The van der Waals surface area contributed by atoms with Gasteiger partial charge < -0.3 is 15.5 Å². The van der Waals surface area contributed by atoms with Crippen molar-refractivity contribution in [3.05, 3.63) is 66.7 Å². The number of nitrogens with one attached hydrogen (secondary N) is 2. The van der Waals surface area contributed by atoms with Gasteiger partial charge in [0.1, 0.15) is 17.5 Å². The second kappa shape index (κ2) is 8.31. The molecule has 2 N–H and O–H groups in total. The van der Waals surface area contributed by atoms with Crippen molar-refractivity contribution in [3.63, 3.8) is 0 Å². The summed E-state index contributed by atoms with van der Waals surface area (Å²) in [6.45, 7) is 2.16. The lowest BCUT2D eigenvalue weighted by Gasteiger charge is -2.29. The van der Waals surface area contributed by atoms with Crippen molar-refractivity contribution in [2.75, 3.05) is 30.8 Å². The van der Waals surface area contributed by atoms with Gasteiger partial charge in [0.05, 0.1) is 17.6 Å². The topological polar surface area (TPSA) is 70.4 Å². The second-order valence-electron chi connectivity index (χ2n) is 7.89. The number of pyridine rings is 1. The van der Waals surface area contributed by atoms with Gasteiger partial charge in [0, 0.05) is 17.8 Å². The predicted octanol–water partition coefficient (Wildman–Crippen LogP) is 4.18. The van der Waals surface area contributed by atoms with Crippen molar-refractivity contribution in [2.45, 2.75) is 18.9 Å². The Bertz CT molecular complexity index is 1180. The lowest BCUT2D eigenvalue weighted by atomic mass is 10.1. The summed E-state index contributed by atoms with van der Waals surface area (Å²) in [6, 6.07) is 14.8. The van der Waals surface area contributed by atoms with Crippen LogP contribution in [0.3, 0.4) is 0 Å². The third-order valence-corrected chi connectivity index (χ3v) is 5.63. The highest BCUT2D eigenvalue weighted by molar-refractivity contribution is 5.68. The number of nitrogens with zero attached hydrogens (tertiary/aromatic N) is 5. The molecule has 31 heavy (non-hydrogen) atoms. The molecule has 1 fully saturated rings. The fourth-order valence-corrected chi connectivity index (χ4v) is 3.86. The van der Waals surface area contributed by atoms with E-state index in [1.165, 1.54) is 6.07 Å². The Morgan fingerprint density at radius 2 is 1.87 bits per heavy atom. The summed E-state index contributed by atoms with van der Waals surface area (Å²) in [7, 11) is 2.15. The lowest BCUT2D eigenvalue weighted by Crippen LogP contribution is -2.36. The Balaban J connectivity index is 1.40. The Morgan fingerprint density at radius 1 is 1.00 bits per heavy atom. The van der Waals surface area contributed by atoms with Crippen molar-refractivity contribution < 1.29 is 4.39 Å². The molecule has 3 aromatic heterocycles. The summed E-state index contributed by atoms with van der Waals surface area (Å²) in [5.74, 6) is 1.03. The van der Waals surface area contributed by atoms with Crippen LogP contribution in [-0.2, 0) is 0 Å². The van der Waals surface area contributed by atoms with Crippen LogP contribution in [0.25, 0.3) is 16.9 Å². The second-order valence-corrected chi connectivity index (χ2v) is 7.89. The number of hydrogen-bond acceptors (Lipinski definition) is 6. The van der Waals surface area contributed by atoms with Crippen LogP contribution in [0.5, 0.6) is 0 Å². The van der Waals surface area contributed by atoms with Gasteiger partial charge in [0.15, 0.2) is 5.65 Å². The number of rotatable bonds is 5. The minimum atomic E-state index is -0.362. The molecule has 7 nitrogen and oxygen atoms in total. The zero-order chi connectivity index (χ0) is 21.2. The quantitative estimate of drug-likeness (QED) is 0.508. The number of piperidine rings is 1. The Morgan fingerprint density at radius 3 is 2.65 bits per heavy atom. The minimum Gasteiger partial charge on any atom is -0.366 e. The highest BCUT2D eigenvalue weighted by Crippen LogP contribution is 2.27. The summed E-state index contributed by atoms with van der Waals surface area (Å²) in [4.78, 5) is 10.9. The number of aromatic nitrogens is 4. The molecule has 0 unspecified atom stereocenters. The van der Waals surface area contributed by atoms with Gasteiger partial charge in [0.2, 0.25) is 0 Å². The first-order valence-corrected chi connectivity index (χ1v) is 10.4. The van der Waals surface area contributed by atoms with Crippen molar-refractivity contribution in [3.8, 4) is 11.3 Å². The number of benzene rings is 1. The Hall–Kier alpha value is -3.52. The molecule has 8 heteroatoms. The zero-order valence-corrected chi connectivity index (χ0v) is 17.3. The van der Waals surface area contributed by atoms with Gasteiger partial charge in [-0.2, -0.15) is 0 Å². The maximum absolute atomic E-state index is 14.8. The number of halogens is 1. The SMILES string of the molecule is CN1CCC(Nc2ccc3ncc(-c4ccc(Nc5ccccn5)c(F)c4)n3n2)CC1. The van der Waals surface area contributed by atoms with Crippen LogP contribution in [0.2, 0.25) is 0 Å². The molecular formula is C23H24FN7. The van der Waals surface area contributed by atoms with Crippen LogP contribution >= 0.6 is 0 Å². The molecule has 5 rings (SSSR count). The monoisotopic (exact) mass is 417 g/mol. The van der Waals surface area contributed by atoms with Gasteiger partial charge in [-0.1, -0.05) is 12.1 Å². The Kier molecular flexibility index (Phi) is 5.21.